The van der Waals surface area contributed by atoms with Crippen molar-refractivity contribution >= 4 is 35.0 Å². The van der Waals surface area contributed by atoms with Gasteiger partial charge in [0.05, 0.1) is 5.75 Å². The Morgan fingerprint density at radius 1 is 1.22 bits per heavy atom. The average Bonchev–Trinajstić information content (AvgIpc) is 3.01. The van der Waals surface area contributed by atoms with Gasteiger partial charge in [-0.2, -0.15) is 0 Å². The minimum absolute atomic E-state index is 0.115. The monoisotopic (exact) mass is 402 g/mol. The number of rotatable bonds is 7. The Morgan fingerprint density at radius 3 is 2.74 bits per heavy atom. The summed E-state index contributed by atoms with van der Waals surface area (Å²) in [5.41, 5.74) is 1.67. The first-order valence-electron chi connectivity index (χ1n) is 8.28. The lowest BCUT2D eigenvalue weighted by Crippen LogP contribution is -2.15. The van der Waals surface area contributed by atoms with Crippen LogP contribution < -0.4 is 10.1 Å². The van der Waals surface area contributed by atoms with Crippen molar-refractivity contribution in [2.24, 2.45) is 7.05 Å². The summed E-state index contributed by atoms with van der Waals surface area (Å²) in [5, 5.41) is 12.5. The number of para-hydroxylation sites is 1. The number of carbonyl (C=O) groups is 1. The first kappa shape index (κ1) is 19.3. The number of amides is 1. The fourth-order valence-corrected chi connectivity index (χ4v) is 3.30. The molecule has 1 N–H and O–H groups in total. The van der Waals surface area contributed by atoms with Crippen LogP contribution in [-0.2, 0) is 18.4 Å². The van der Waals surface area contributed by atoms with Gasteiger partial charge in [-0.05, 0) is 42.8 Å². The molecule has 0 aliphatic carbocycles. The summed E-state index contributed by atoms with van der Waals surface area (Å²) in [6.07, 6.45) is 0. The van der Waals surface area contributed by atoms with Gasteiger partial charge in [-0.3, -0.25) is 4.79 Å². The molecular weight excluding hydrogens is 384 g/mol. The topological polar surface area (TPSA) is 69.0 Å². The summed E-state index contributed by atoms with van der Waals surface area (Å²) in [6, 6.07) is 14.9. The summed E-state index contributed by atoms with van der Waals surface area (Å²) in [6.45, 7) is 2.21. The highest BCUT2D eigenvalue weighted by molar-refractivity contribution is 7.99. The van der Waals surface area contributed by atoms with Gasteiger partial charge >= 0.3 is 0 Å². The average molecular weight is 403 g/mol. The molecule has 0 radical (unpaired) electrons. The standard InChI is InChI=1S/C19H19ClN4O2S/c1-13-10-14(20)8-9-16(13)21-18(25)12-27-19-23-22-17(24(19)2)11-26-15-6-4-3-5-7-15/h3-10H,11-12H2,1-2H3,(H,21,25). The van der Waals surface area contributed by atoms with Gasteiger partial charge < -0.3 is 14.6 Å². The molecule has 3 aromatic rings. The van der Waals surface area contributed by atoms with Crippen LogP contribution in [0.3, 0.4) is 0 Å². The van der Waals surface area contributed by atoms with Crippen LogP contribution >= 0.6 is 23.4 Å². The fourth-order valence-electron chi connectivity index (χ4n) is 2.34. The number of aryl methyl sites for hydroxylation is 1. The third kappa shape index (κ3) is 5.24. The lowest BCUT2D eigenvalue weighted by atomic mass is 10.2. The van der Waals surface area contributed by atoms with Crippen molar-refractivity contribution in [3.05, 3.63) is 64.9 Å². The molecule has 8 heteroatoms. The van der Waals surface area contributed by atoms with Crippen molar-refractivity contribution in [3.8, 4) is 5.75 Å². The van der Waals surface area contributed by atoms with Crippen LogP contribution in [0, 0.1) is 6.92 Å². The molecule has 0 saturated carbocycles. The highest BCUT2D eigenvalue weighted by Crippen LogP contribution is 2.21. The fraction of sp³-hybridized carbons (Fsp3) is 0.211. The summed E-state index contributed by atoms with van der Waals surface area (Å²) in [5.74, 6) is 1.58. The van der Waals surface area contributed by atoms with E-state index in [9.17, 15) is 4.79 Å². The summed E-state index contributed by atoms with van der Waals surface area (Å²) < 4.78 is 7.52. The van der Waals surface area contributed by atoms with E-state index in [0.717, 1.165) is 17.0 Å². The number of ether oxygens (including phenoxy) is 1. The Labute approximate surface area is 166 Å². The number of thioether (sulfide) groups is 1. The third-order valence-corrected chi connectivity index (χ3v) is 5.09. The molecule has 3 rings (SSSR count). The molecule has 0 spiro atoms. The van der Waals surface area contributed by atoms with E-state index in [1.165, 1.54) is 11.8 Å². The van der Waals surface area contributed by atoms with Crippen LogP contribution in [0.2, 0.25) is 5.02 Å². The van der Waals surface area contributed by atoms with E-state index in [0.29, 0.717) is 22.6 Å². The van der Waals surface area contributed by atoms with E-state index in [1.807, 2.05) is 54.9 Å². The maximum Gasteiger partial charge on any atom is 0.234 e. The predicted octanol–water partition coefficient (Wildman–Crippen LogP) is 4.09. The zero-order valence-corrected chi connectivity index (χ0v) is 16.5. The highest BCUT2D eigenvalue weighted by atomic mass is 35.5. The lowest BCUT2D eigenvalue weighted by Gasteiger charge is -2.09. The third-order valence-electron chi connectivity index (χ3n) is 3.83. The molecule has 0 fully saturated rings. The molecule has 0 unspecified atom stereocenters. The first-order chi connectivity index (χ1) is 13.0. The molecule has 140 valence electrons. The van der Waals surface area contributed by atoms with Crippen molar-refractivity contribution in [2.75, 3.05) is 11.1 Å². The van der Waals surface area contributed by atoms with Crippen LogP contribution in [-0.4, -0.2) is 26.4 Å². The number of anilines is 1. The highest BCUT2D eigenvalue weighted by Gasteiger charge is 2.12. The van der Waals surface area contributed by atoms with Crippen molar-refractivity contribution in [2.45, 2.75) is 18.7 Å². The predicted molar refractivity (Wildman–Crippen MR) is 107 cm³/mol. The molecule has 2 aromatic carbocycles. The number of halogens is 1. The van der Waals surface area contributed by atoms with E-state index in [1.54, 1.807) is 12.1 Å². The number of aromatic nitrogens is 3. The number of hydrogen-bond donors (Lipinski definition) is 1. The maximum absolute atomic E-state index is 12.2. The molecule has 0 atom stereocenters. The quantitative estimate of drug-likeness (QED) is 0.603. The van der Waals surface area contributed by atoms with E-state index < -0.39 is 0 Å². The zero-order chi connectivity index (χ0) is 19.2. The Balaban J connectivity index is 1.53. The number of nitrogens with one attached hydrogen (secondary N) is 1. The van der Waals surface area contributed by atoms with E-state index >= 15 is 0 Å². The smallest absolute Gasteiger partial charge is 0.234 e. The molecule has 0 bridgehead atoms. The van der Waals surface area contributed by atoms with Crippen LogP contribution in [0.15, 0.2) is 53.7 Å². The van der Waals surface area contributed by atoms with Crippen molar-refractivity contribution in [1.29, 1.82) is 0 Å². The van der Waals surface area contributed by atoms with Gasteiger partial charge in [0.15, 0.2) is 11.0 Å². The molecule has 1 heterocycles. The Hall–Kier alpha value is -2.51. The van der Waals surface area contributed by atoms with Crippen LogP contribution in [0.4, 0.5) is 5.69 Å². The van der Waals surface area contributed by atoms with Gasteiger partial charge in [-0.15, -0.1) is 10.2 Å². The molecule has 0 aliphatic rings. The Bertz CT molecular complexity index is 931. The summed E-state index contributed by atoms with van der Waals surface area (Å²) in [7, 11) is 1.85. The van der Waals surface area contributed by atoms with Crippen LogP contribution in [0.25, 0.3) is 0 Å². The van der Waals surface area contributed by atoms with Gasteiger partial charge in [-0.25, -0.2) is 0 Å². The van der Waals surface area contributed by atoms with Gasteiger partial charge in [0, 0.05) is 17.8 Å². The second kappa shape index (κ2) is 8.92. The maximum atomic E-state index is 12.2. The molecule has 6 nitrogen and oxygen atoms in total. The summed E-state index contributed by atoms with van der Waals surface area (Å²) in [4.78, 5) is 12.2. The van der Waals surface area contributed by atoms with Crippen molar-refractivity contribution < 1.29 is 9.53 Å². The normalized spacial score (nSPS) is 10.6. The lowest BCUT2D eigenvalue weighted by molar-refractivity contribution is -0.113. The molecule has 0 aliphatic heterocycles. The van der Waals surface area contributed by atoms with Gasteiger partial charge in [-0.1, -0.05) is 41.6 Å². The molecule has 0 saturated heterocycles. The molecule has 1 amide bonds. The first-order valence-corrected chi connectivity index (χ1v) is 9.64. The minimum atomic E-state index is -0.115. The largest absolute Gasteiger partial charge is 0.486 e. The van der Waals surface area contributed by atoms with Gasteiger partial charge in [0.25, 0.3) is 0 Å². The molecule has 27 heavy (non-hydrogen) atoms. The Kier molecular flexibility index (Phi) is 6.36. The molecule has 1 aromatic heterocycles. The number of carbonyl (C=O) groups excluding carboxylic acids is 1. The van der Waals surface area contributed by atoms with Crippen molar-refractivity contribution in [3.63, 3.8) is 0 Å². The molecular formula is C19H19ClN4O2S. The minimum Gasteiger partial charge on any atom is -0.486 e. The number of benzene rings is 2. The van der Waals surface area contributed by atoms with Crippen LogP contribution in [0.5, 0.6) is 5.75 Å². The van der Waals surface area contributed by atoms with E-state index in [2.05, 4.69) is 15.5 Å². The van der Waals surface area contributed by atoms with Gasteiger partial charge in [0.1, 0.15) is 12.4 Å². The number of hydrogen-bond acceptors (Lipinski definition) is 5. The second-order valence-electron chi connectivity index (χ2n) is 5.86. The second-order valence-corrected chi connectivity index (χ2v) is 7.23. The number of nitrogens with zero attached hydrogens (tertiary/aromatic N) is 3. The zero-order valence-electron chi connectivity index (χ0n) is 15.0. The Morgan fingerprint density at radius 2 is 2.00 bits per heavy atom. The van der Waals surface area contributed by atoms with E-state index in [4.69, 9.17) is 16.3 Å². The SMILES string of the molecule is Cc1cc(Cl)ccc1NC(=O)CSc1nnc(COc2ccccc2)n1C. The van der Waals surface area contributed by atoms with Gasteiger partial charge in [0.2, 0.25) is 5.91 Å². The van der Waals surface area contributed by atoms with Crippen molar-refractivity contribution in [1.82, 2.24) is 14.8 Å². The van der Waals surface area contributed by atoms with E-state index in [-0.39, 0.29) is 11.7 Å². The van der Waals surface area contributed by atoms with Crippen LogP contribution in [0.1, 0.15) is 11.4 Å². The summed E-state index contributed by atoms with van der Waals surface area (Å²) >= 11 is 7.26.